The lowest BCUT2D eigenvalue weighted by Gasteiger charge is -2.25. The van der Waals surface area contributed by atoms with Crippen molar-refractivity contribution in [2.24, 2.45) is 5.92 Å². The molecule has 1 fully saturated rings. The highest BCUT2D eigenvalue weighted by Crippen LogP contribution is 2.31. The molecule has 0 radical (unpaired) electrons. The first-order valence-electron chi connectivity index (χ1n) is 8.12. The zero-order valence-corrected chi connectivity index (χ0v) is 15.0. The van der Waals surface area contributed by atoms with Gasteiger partial charge in [-0.25, -0.2) is 13.1 Å². The average Bonchev–Trinajstić information content (AvgIpc) is 3.05. The van der Waals surface area contributed by atoms with Gasteiger partial charge in [-0.2, -0.15) is 13.2 Å². The monoisotopic (exact) mass is 380 g/mol. The normalized spacial score (nSPS) is 20.0. The average molecular weight is 380 g/mol. The Balaban J connectivity index is 2.08. The van der Waals surface area contributed by atoms with Crippen molar-refractivity contribution in [3.8, 4) is 5.75 Å². The fourth-order valence-corrected chi connectivity index (χ4v) is 3.29. The maximum atomic E-state index is 12.6. The lowest BCUT2D eigenvalue weighted by atomic mass is 10.0. The van der Waals surface area contributed by atoms with E-state index in [1.54, 1.807) is 13.8 Å². The van der Waals surface area contributed by atoms with E-state index in [1.165, 1.54) is 12.1 Å². The van der Waals surface area contributed by atoms with E-state index in [1.807, 2.05) is 0 Å². The molecule has 0 aliphatic carbocycles. The molecule has 0 aromatic heterocycles. The molecule has 0 unspecified atom stereocenters. The van der Waals surface area contributed by atoms with Gasteiger partial charge in [0.15, 0.2) is 0 Å². The van der Waals surface area contributed by atoms with Gasteiger partial charge in [-0.3, -0.25) is 0 Å². The summed E-state index contributed by atoms with van der Waals surface area (Å²) < 4.78 is 70.1. The Labute approximate surface area is 146 Å². The minimum atomic E-state index is -4.40. The van der Waals surface area contributed by atoms with Gasteiger partial charge in [0.05, 0.1) is 10.8 Å². The van der Waals surface area contributed by atoms with Crippen molar-refractivity contribution in [1.82, 2.24) is 10.0 Å². The summed E-state index contributed by atoms with van der Waals surface area (Å²) in [7, 11) is -3.44. The Bertz CT molecular complexity index is 654. The zero-order valence-electron chi connectivity index (χ0n) is 14.1. The second-order valence-electron chi connectivity index (χ2n) is 6.37. The first kappa shape index (κ1) is 20.0. The van der Waals surface area contributed by atoms with E-state index in [0.717, 1.165) is 25.1 Å². The lowest BCUT2D eigenvalue weighted by molar-refractivity contribution is -0.137. The number of benzene rings is 1. The van der Waals surface area contributed by atoms with Gasteiger partial charge in [-0.05, 0) is 51.1 Å². The summed E-state index contributed by atoms with van der Waals surface area (Å²) in [5.41, 5.74) is -0.751. The van der Waals surface area contributed by atoms with Gasteiger partial charge in [-0.1, -0.05) is 0 Å². The topological polar surface area (TPSA) is 67.4 Å². The molecular formula is C16H23F3N2O3S. The van der Waals surface area contributed by atoms with Gasteiger partial charge in [0, 0.05) is 19.0 Å². The summed E-state index contributed by atoms with van der Waals surface area (Å²) in [6.45, 7) is 4.70. The summed E-state index contributed by atoms with van der Waals surface area (Å²) in [5, 5.41) is 2.61. The summed E-state index contributed by atoms with van der Waals surface area (Å²) in [6, 6.07) is 4.43. The Morgan fingerprint density at radius 1 is 1.28 bits per heavy atom. The summed E-state index contributed by atoms with van der Waals surface area (Å²) in [4.78, 5) is 0. The maximum Gasteiger partial charge on any atom is 0.416 e. The number of sulfonamides is 1. The molecule has 2 N–H and O–H groups in total. The van der Waals surface area contributed by atoms with Gasteiger partial charge in [0.2, 0.25) is 10.0 Å². The highest BCUT2D eigenvalue weighted by molar-refractivity contribution is 7.90. The Morgan fingerprint density at radius 2 is 1.92 bits per heavy atom. The maximum absolute atomic E-state index is 12.6. The molecule has 2 atom stereocenters. The van der Waals surface area contributed by atoms with Crippen molar-refractivity contribution >= 4 is 10.0 Å². The first-order valence-corrected chi connectivity index (χ1v) is 9.67. The quantitative estimate of drug-likeness (QED) is 0.762. The van der Waals surface area contributed by atoms with E-state index < -0.39 is 33.1 Å². The fraction of sp³-hybridized carbons (Fsp3) is 0.625. The zero-order chi connectivity index (χ0) is 18.7. The predicted molar refractivity (Wildman–Crippen MR) is 88.9 cm³/mol. The van der Waals surface area contributed by atoms with Gasteiger partial charge in [0.25, 0.3) is 0 Å². The van der Waals surface area contributed by atoms with Crippen LogP contribution in [0.15, 0.2) is 24.3 Å². The van der Waals surface area contributed by atoms with Crippen molar-refractivity contribution in [2.45, 2.75) is 37.8 Å². The van der Waals surface area contributed by atoms with Crippen LogP contribution in [0.25, 0.3) is 0 Å². The molecule has 0 spiro atoms. The second kappa shape index (κ2) is 7.92. The molecule has 0 bridgehead atoms. The summed E-state index contributed by atoms with van der Waals surface area (Å²) in [6.07, 6.45) is -4.05. The van der Waals surface area contributed by atoms with E-state index in [-0.39, 0.29) is 18.2 Å². The van der Waals surface area contributed by atoms with Crippen LogP contribution in [0.4, 0.5) is 13.2 Å². The van der Waals surface area contributed by atoms with Crippen LogP contribution in [0.3, 0.4) is 0 Å². The highest BCUT2D eigenvalue weighted by atomic mass is 32.2. The smallest absolute Gasteiger partial charge is 0.416 e. The number of nitrogens with one attached hydrogen (secondary N) is 2. The SMILES string of the molecule is CC(C)S(=O)(=O)NC[C@@H](Oc1ccc(C(F)(F)F)cc1)[C@H]1CCNC1. The van der Waals surface area contributed by atoms with Gasteiger partial charge in [0.1, 0.15) is 11.9 Å². The molecule has 0 amide bonds. The third-order valence-corrected chi connectivity index (χ3v) is 6.01. The van der Waals surface area contributed by atoms with E-state index >= 15 is 0 Å². The van der Waals surface area contributed by atoms with Crippen LogP contribution in [0.2, 0.25) is 0 Å². The third-order valence-electron chi connectivity index (χ3n) is 4.20. The van der Waals surface area contributed by atoms with Crippen LogP contribution in [0.5, 0.6) is 5.75 Å². The van der Waals surface area contributed by atoms with Crippen molar-refractivity contribution in [3.05, 3.63) is 29.8 Å². The van der Waals surface area contributed by atoms with Crippen molar-refractivity contribution in [2.75, 3.05) is 19.6 Å². The number of hydrogen-bond acceptors (Lipinski definition) is 4. The molecule has 142 valence electrons. The van der Waals surface area contributed by atoms with Crippen LogP contribution in [-0.4, -0.2) is 39.4 Å². The van der Waals surface area contributed by atoms with Gasteiger partial charge in [-0.15, -0.1) is 0 Å². The Morgan fingerprint density at radius 3 is 2.40 bits per heavy atom. The second-order valence-corrected chi connectivity index (χ2v) is 8.70. The van der Waals surface area contributed by atoms with Crippen molar-refractivity contribution in [3.63, 3.8) is 0 Å². The van der Waals surface area contributed by atoms with E-state index in [4.69, 9.17) is 4.74 Å². The van der Waals surface area contributed by atoms with Crippen LogP contribution in [-0.2, 0) is 16.2 Å². The highest BCUT2D eigenvalue weighted by Gasteiger charge is 2.31. The largest absolute Gasteiger partial charge is 0.489 e. The molecule has 1 heterocycles. The molecule has 1 aliphatic heterocycles. The van der Waals surface area contributed by atoms with Gasteiger partial charge < -0.3 is 10.1 Å². The number of alkyl halides is 3. The van der Waals surface area contributed by atoms with Crippen molar-refractivity contribution < 1.29 is 26.3 Å². The minimum Gasteiger partial charge on any atom is -0.489 e. The Kier molecular flexibility index (Phi) is 6.34. The summed E-state index contributed by atoms with van der Waals surface area (Å²) in [5.74, 6) is 0.366. The van der Waals surface area contributed by atoms with Crippen molar-refractivity contribution in [1.29, 1.82) is 0 Å². The third kappa shape index (κ3) is 5.58. The molecule has 0 saturated carbocycles. The molecule has 1 aromatic carbocycles. The number of ether oxygens (including phenoxy) is 1. The van der Waals surface area contributed by atoms with Crippen LogP contribution in [0.1, 0.15) is 25.8 Å². The van der Waals surface area contributed by atoms with E-state index in [2.05, 4.69) is 10.0 Å². The lowest BCUT2D eigenvalue weighted by Crippen LogP contribution is -2.42. The van der Waals surface area contributed by atoms with Crippen LogP contribution < -0.4 is 14.8 Å². The molecule has 5 nitrogen and oxygen atoms in total. The van der Waals surface area contributed by atoms with Crippen LogP contribution >= 0.6 is 0 Å². The fourth-order valence-electron chi connectivity index (χ4n) is 2.56. The van der Waals surface area contributed by atoms with E-state index in [9.17, 15) is 21.6 Å². The predicted octanol–water partition coefficient (Wildman–Crippen LogP) is 2.39. The molecule has 9 heteroatoms. The molecule has 2 rings (SSSR count). The van der Waals surface area contributed by atoms with E-state index in [0.29, 0.717) is 6.54 Å². The summed E-state index contributed by atoms with van der Waals surface area (Å²) >= 11 is 0. The molecule has 1 aromatic rings. The Hall–Kier alpha value is -1.32. The van der Waals surface area contributed by atoms with Gasteiger partial charge >= 0.3 is 6.18 Å². The molecule has 1 saturated heterocycles. The molecule has 1 aliphatic rings. The number of hydrogen-bond donors (Lipinski definition) is 2. The number of halogens is 3. The van der Waals surface area contributed by atoms with Crippen LogP contribution in [0, 0.1) is 5.92 Å². The standard InChI is InChI=1S/C16H23F3N2O3S/c1-11(2)25(22,23)21-10-15(12-7-8-20-9-12)24-14-5-3-13(4-6-14)16(17,18)19/h3-6,11-12,15,20-21H,7-10H2,1-2H3/t12-,15+/m0/s1. The molecule has 25 heavy (non-hydrogen) atoms. The number of rotatable bonds is 7. The molecular weight excluding hydrogens is 357 g/mol. The first-order chi connectivity index (χ1) is 11.6. The minimum absolute atomic E-state index is 0.0773.